The van der Waals surface area contributed by atoms with E-state index >= 15 is 0 Å². The molecule has 3 aromatic rings. The number of nitrogen functional groups attached to an aromatic ring is 1. The van der Waals surface area contributed by atoms with E-state index in [4.69, 9.17) is 10.2 Å². The van der Waals surface area contributed by atoms with Gasteiger partial charge in [-0.25, -0.2) is 0 Å². The zero-order valence-corrected chi connectivity index (χ0v) is 14.9. The Morgan fingerprint density at radius 3 is 2.38 bits per heavy atom. The Kier molecular flexibility index (Phi) is 4.02. The maximum absolute atomic E-state index is 10.1. The van der Waals surface area contributed by atoms with Crippen LogP contribution in [0.4, 0.5) is 5.69 Å². The molecule has 7 heteroatoms. The average Bonchev–Trinajstić information content (AvgIpc) is 2.93. The summed E-state index contributed by atoms with van der Waals surface area (Å²) in [6, 6.07) is 10.8. The van der Waals surface area contributed by atoms with E-state index in [1.165, 1.54) is 0 Å². The topological polar surface area (TPSA) is 85.2 Å². The van der Waals surface area contributed by atoms with Gasteiger partial charge in [0.25, 0.3) is 5.89 Å². The number of halogens is 2. The SMILES string of the molecule is Nc1ccc(-c2nnc(-c3cc(I)cc(I)c3O)o2)cc1. The fraction of sp³-hybridized carbons (Fsp3) is 0. The number of benzene rings is 2. The zero-order valence-electron chi connectivity index (χ0n) is 10.5. The van der Waals surface area contributed by atoms with Crippen molar-refractivity contribution in [1.82, 2.24) is 10.2 Å². The Balaban J connectivity index is 2.04. The highest BCUT2D eigenvalue weighted by molar-refractivity contribution is 14.1. The second-order valence-corrected chi connectivity index (χ2v) is 6.73. The molecule has 3 N–H and O–H groups in total. The number of aromatic nitrogens is 2. The fourth-order valence-electron chi connectivity index (χ4n) is 1.80. The van der Waals surface area contributed by atoms with Crippen molar-refractivity contribution in [3.8, 4) is 28.7 Å². The highest BCUT2D eigenvalue weighted by Gasteiger charge is 2.16. The van der Waals surface area contributed by atoms with Crippen molar-refractivity contribution in [2.24, 2.45) is 0 Å². The fourth-order valence-corrected chi connectivity index (χ4v) is 3.65. The van der Waals surface area contributed by atoms with Gasteiger partial charge in [0, 0.05) is 14.8 Å². The van der Waals surface area contributed by atoms with Crippen molar-refractivity contribution in [3.05, 3.63) is 43.5 Å². The summed E-state index contributed by atoms with van der Waals surface area (Å²) >= 11 is 4.24. The molecule has 0 atom stereocenters. The summed E-state index contributed by atoms with van der Waals surface area (Å²) in [4.78, 5) is 0. The minimum Gasteiger partial charge on any atom is -0.506 e. The molecule has 106 valence electrons. The van der Waals surface area contributed by atoms with Crippen molar-refractivity contribution in [2.75, 3.05) is 5.73 Å². The average molecular weight is 505 g/mol. The molecular weight excluding hydrogens is 496 g/mol. The number of nitrogens with zero attached hydrogens (tertiary/aromatic N) is 2. The molecule has 0 aliphatic carbocycles. The molecule has 0 radical (unpaired) electrons. The Bertz CT molecular complexity index is 800. The number of anilines is 1. The highest BCUT2D eigenvalue weighted by atomic mass is 127. The van der Waals surface area contributed by atoms with Gasteiger partial charge in [-0.3, -0.25) is 0 Å². The number of phenols is 1. The first-order valence-electron chi connectivity index (χ1n) is 5.92. The molecule has 0 amide bonds. The predicted molar refractivity (Wildman–Crippen MR) is 96.7 cm³/mol. The summed E-state index contributed by atoms with van der Waals surface area (Å²) in [7, 11) is 0. The first-order chi connectivity index (χ1) is 10.0. The van der Waals surface area contributed by atoms with E-state index in [-0.39, 0.29) is 11.6 Å². The van der Waals surface area contributed by atoms with Crippen LogP contribution in [0.3, 0.4) is 0 Å². The third-order valence-corrected chi connectivity index (χ3v) is 4.29. The molecule has 1 aromatic heterocycles. The standard InChI is InChI=1S/C14H9I2N3O2/c15-8-5-10(12(20)11(16)6-8)14-19-18-13(21-14)7-1-3-9(17)4-2-7/h1-6,20H,17H2. The van der Waals surface area contributed by atoms with Crippen molar-refractivity contribution in [3.63, 3.8) is 0 Å². The van der Waals surface area contributed by atoms with Crippen LogP contribution in [0, 0.1) is 7.14 Å². The van der Waals surface area contributed by atoms with Crippen LogP contribution in [-0.2, 0) is 0 Å². The summed E-state index contributed by atoms with van der Waals surface area (Å²) in [5.74, 6) is 0.817. The molecule has 1 heterocycles. The molecule has 0 unspecified atom stereocenters. The van der Waals surface area contributed by atoms with E-state index in [0.717, 1.165) is 12.7 Å². The minimum absolute atomic E-state index is 0.142. The van der Waals surface area contributed by atoms with Gasteiger partial charge in [-0.15, -0.1) is 10.2 Å². The van der Waals surface area contributed by atoms with E-state index in [9.17, 15) is 5.11 Å². The smallest absolute Gasteiger partial charge is 0.251 e. The third-order valence-electron chi connectivity index (χ3n) is 2.84. The van der Waals surface area contributed by atoms with Crippen LogP contribution in [0.25, 0.3) is 22.9 Å². The van der Waals surface area contributed by atoms with Gasteiger partial charge < -0.3 is 15.3 Å². The highest BCUT2D eigenvalue weighted by Crippen LogP contribution is 2.35. The number of rotatable bonds is 2. The van der Waals surface area contributed by atoms with Crippen LogP contribution in [0.5, 0.6) is 5.75 Å². The maximum atomic E-state index is 10.1. The van der Waals surface area contributed by atoms with Gasteiger partial charge >= 0.3 is 0 Å². The second-order valence-electron chi connectivity index (χ2n) is 4.32. The van der Waals surface area contributed by atoms with E-state index in [1.807, 2.05) is 18.2 Å². The van der Waals surface area contributed by atoms with E-state index in [1.54, 1.807) is 18.2 Å². The number of hydrogen-bond acceptors (Lipinski definition) is 5. The van der Waals surface area contributed by atoms with Crippen molar-refractivity contribution >= 4 is 50.9 Å². The minimum atomic E-state index is 0.142. The van der Waals surface area contributed by atoms with Gasteiger partial charge in [0.2, 0.25) is 5.89 Å². The lowest BCUT2D eigenvalue weighted by molar-refractivity contribution is 0.469. The van der Waals surface area contributed by atoms with Crippen molar-refractivity contribution in [1.29, 1.82) is 0 Å². The van der Waals surface area contributed by atoms with E-state index in [0.29, 0.717) is 17.1 Å². The van der Waals surface area contributed by atoms with Gasteiger partial charge in [0.1, 0.15) is 5.75 Å². The first-order valence-corrected chi connectivity index (χ1v) is 8.08. The molecule has 0 aliphatic heterocycles. The lowest BCUT2D eigenvalue weighted by Gasteiger charge is -2.03. The summed E-state index contributed by atoms with van der Waals surface area (Å²) < 4.78 is 7.38. The number of phenolic OH excluding ortho intramolecular Hbond substituents is 1. The third kappa shape index (κ3) is 2.98. The van der Waals surface area contributed by atoms with Crippen LogP contribution in [0.2, 0.25) is 0 Å². The molecule has 0 aliphatic rings. The number of nitrogens with two attached hydrogens (primary N) is 1. The molecule has 0 saturated carbocycles. The molecule has 2 aromatic carbocycles. The largest absolute Gasteiger partial charge is 0.506 e. The summed E-state index contributed by atoms with van der Waals surface area (Å²) in [5, 5.41) is 18.2. The summed E-state index contributed by atoms with van der Waals surface area (Å²) in [5.41, 5.74) is 7.63. The van der Waals surface area contributed by atoms with E-state index < -0.39 is 0 Å². The first kappa shape index (κ1) is 14.6. The molecular formula is C14H9I2N3O2. The summed E-state index contributed by atoms with van der Waals surface area (Å²) in [6.07, 6.45) is 0. The Hall–Kier alpha value is -1.36. The lowest BCUT2D eigenvalue weighted by Crippen LogP contribution is -1.85. The monoisotopic (exact) mass is 505 g/mol. The Morgan fingerprint density at radius 1 is 1.00 bits per heavy atom. The normalized spacial score (nSPS) is 10.8. The molecule has 0 bridgehead atoms. The van der Waals surface area contributed by atoms with Crippen LogP contribution in [0.15, 0.2) is 40.8 Å². The maximum Gasteiger partial charge on any atom is 0.251 e. The Morgan fingerprint density at radius 2 is 1.67 bits per heavy atom. The molecule has 0 saturated heterocycles. The number of hydrogen-bond donors (Lipinski definition) is 2. The van der Waals surface area contributed by atoms with Crippen LogP contribution < -0.4 is 5.73 Å². The van der Waals surface area contributed by atoms with Gasteiger partial charge in [-0.05, 0) is 81.6 Å². The summed E-state index contributed by atoms with van der Waals surface area (Å²) in [6.45, 7) is 0. The van der Waals surface area contributed by atoms with Gasteiger partial charge in [-0.1, -0.05) is 0 Å². The molecule has 0 spiro atoms. The van der Waals surface area contributed by atoms with Crippen molar-refractivity contribution < 1.29 is 9.52 Å². The quantitative estimate of drug-likeness (QED) is 0.408. The molecule has 3 rings (SSSR count). The van der Waals surface area contributed by atoms with Gasteiger partial charge in [0.15, 0.2) is 0 Å². The molecule has 5 nitrogen and oxygen atoms in total. The molecule has 0 fully saturated rings. The molecule has 21 heavy (non-hydrogen) atoms. The van der Waals surface area contributed by atoms with Crippen molar-refractivity contribution in [2.45, 2.75) is 0 Å². The predicted octanol–water partition coefficient (Wildman–Crippen LogP) is 3.90. The van der Waals surface area contributed by atoms with Crippen LogP contribution in [0.1, 0.15) is 0 Å². The zero-order chi connectivity index (χ0) is 15.0. The van der Waals surface area contributed by atoms with E-state index in [2.05, 4.69) is 55.4 Å². The van der Waals surface area contributed by atoms with Crippen LogP contribution >= 0.6 is 45.2 Å². The van der Waals surface area contributed by atoms with Gasteiger partial charge in [0.05, 0.1) is 9.13 Å². The van der Waals surface area contributed by atoms with Crippen LogP contribution in [-0.4, -0.2) is 15.3 Å². The van der Waals surface area contributed by atoms with Gasteiger partial charge in [-0.2, -0.15) is 0 Å². The number of aromatic hydroxyl groups is 1. The lowest BCUT2D eigenvalue weighted by atomic mass is 10.2. The second kappa shape index (κ2) is 5.79. The Labute approximate surface area is 147 Å².